The number of carbonyl (C=O) groups is 1. The van der Waals surface area contributed by atoms with E-state index in [4.69, 9.17) is 0 Å². The predicted molar refractivity (Wildman–Crippen MR) is 86.2 cm³/mol. The number of rotatable bonds is 6. The number of aliphatic hydroxyl groups is 1. The smallest absolute Gasteiger partial charge is 0.255 e. The highest BCUT2D eigenvalue weighted by atomic mass is 19.1. The van der Waals surface area contributed by atoms with Crippen LogP contribution in [-0.2, 0) is 0 Å². The molecule has 0 bridgehead atoms. The van der Waals surface area contributed by atoms with E-state index in [0.29, 0.717) is 23.4 Å². The van der Waals surface area contributed by atoms with Gasteiger partial charge in [0.25, 0.3) is 5.91 Å². The Morgan fingerprint density at radius 2 is 2.08 bits per heavy atom. The van der Waals surface area contributed by atoms with Gasteiger partial charge in [-0.2, -0.15) is 5.10 Å². The summed E-state index contributed by atoms with van der Waals surface area (Å²) in [5, 5.41) is 16.6. The van der Waals surface area contributed by atoms with E-state index in [0.717, 1.165) is 18.6 Å². The van der Waals surface area contributed by atoms with E-state index in [-0.39, 0.29) is 18.1 Å². The number of hydrogen-bond donors (Lipinski definition) is 2. The fourth-order valence-corrected chi connectivity index (χ4v) is 2.59. The SMILES string of the molecule is CCCC(O)CNC(=O)c1c(C)nn(-c2ccc(F)cc2F)c1C. The Morgan fingerprint density at radius 1 is 1.38 bits per heavy atom. The second kappa shape index (κ2) is 7.53. The van der Waals surface area contributed by atoms with Gasteiger partial charge in [-0.25, -0.2) is 13.5 Å². The molecule has 0 aliphatic heterocycles. The first kappa shape index (κ1) is 18.1. The zero-order valence-corrected chi connectivity index (χ0v) is 13.9. The second-order valence-electron chi connectivity index (χ2n) is 5.71. The molecule has 0 aliphatic carbocycles. The van der Waals surface area contributed by atoms with Crippen LogP contribution in [0.25, 0.3) is 5.69 Å². The molecule has 0 spiro atoms. The van der Waals surface area contributed by atoms with Crippen LogP contribution in [0, 0.1) is 25.5 Å². The monoisotopic (exact) mass is 337 g/mol. The van der Waals surface area contributed by atoms with Crippen molar-refractivity contribution in [2.24, 2.45) is 0 Å². The topological polar surface area (TPSA) is 67.2 Å². The number of nitrogens with one attached hydrogen (secondary N) is 1. The van der Waals surface area contributed by atoms with Crippen LogP contribution in [0.4, 0.5) is 8.78 Å². The number of halogens is 2. The van der Waals surface area contributed by atoms with Gasteiger partial charge >= 0.3 is 0 Å². The van der Waals surface area contributed by atoms with Gasteiger partial charge in [0, 0.05) is 12.6 Å². The molecule has 130 valence electrons. The number of aliphatic hydroxyl groups excluding tert-OH is 1. The first-order valence-corrected chi connectivity index (χ1v) is 7.83. The van der Waals surface area contributed by atoms with Crippen LogP contribution in [0.3, 0.4) is 0 Å². The van der Waals surface area contributed by atoms with E-state index in [2.05, 4.69) is 10.4 Å². The molecule has 1 aromatic heterocycles. The molecular weight excluding hydrogens is 316 g/mol. The van der Waals surface area contributed by atoms with E-state index in [1.165, 1.54) is 10.7 Å². The van der Waals surface area contributed by atoms with E-state index in [1.807, 2.05) is 6.92 Å². The van der Waals surface area contributed by atoms with E-state index in [1.54, 1.807) is 13.8 Å². The standard InChI is InChI=1S/C17H21F2N3O2/c1-4-5-13(23)9-20-17(24)16-10(2)21-22(11(16)3)15-7-6-12(18)8-14(15)19/h6-8,13,23H,4-5,9H2,1-3H3,(H,20,24). The molecule has 1 aromatic carbocycles. The lowest BCUT2D eigenvalue weighted by Crippen LogP contribution is -2.32. The van der Waals surface area contributed by atoms with Gasteiger partial charge in [0.2, 0.25) is 0 Å². The molecule has 2 N–H and O–H groups in total. The van der Waals surface area contributed by atoms with Gasteiger partial charge in [-0.1, -0.05) is 13.3 Å². The maximum absolute atomic E-state index is 14.0. The Balaban J connectivity index is 2.27. The highest BCUT2D eigenvalue weighted by Crippen LogP contribution is 2.20. The van der Waals surface area contributed by atoms with Crippen molar-refractivity contribution in [3.05, 3.63) is 46.8 Å². The minimum absolute atomic E-state index is 0.0714. The number of benzene rings is 1. The van der Waals surface area contributed by atoms with Crippen LogP contribution in [-0.4, -0.2) is 33.4 Å². The highest BCUT2D eigenvalue weighted by molar-refractivity contribution is 5.96. The zero-order chi connectivity index (χ0) is 17.9. The van der Waals surface area contributed by atoms with Crippen molar-refractivity contribution in [3.63, 3.8) is 0 Å². The zero-order valence-electron chi connectivity index (χ0n) is 13.9. The van der Waals surface area contributed by atoms with Crippen molar-refractivity contribution in [2.75, 3.05) is 6.54 Å². The lowest BCUT2D eigenvalue weighted by atomic mass is 10.1. The summed E-state index contributed by atoms with van der Waals surface area (Å²) in [4.78, 5) is 12.3. The fraction of sp³-hybridized carbons (Fsp3) is 0.412. The summed E-state index contributed by atoms with van der Waals surface area (Å²) in [7, 11) is 0. The Hall–Kier alpha value is -2.28. The van der Waals surface area contributed by atoms with Gasteiger partial charge in [-0.3, -0.25) is 4.79 Å². The maximum Gasteiger partial charge on any atom is 0.255 e. The predicted octanol–water partition coefficient (Wildman–Crippen LogP) is 2.66. The van der Waals surface area contributed by atoms with Crippen LogP contribution in [0.1, 0.15) is 41.5 Å². The average Bonchev–Trinajstić information content (AvgIpc) is 2.80. The molecule has 0 saturated carbocycles. The van der Waals surface area contributed by atoms with Crippen LogP contribution in [0.15, 0.2) is 18.2 Å². The van der Waals surface area contributed by atoms with Crippen molar-refractivity contribution < 1.29 is 18.7 Å². The number of amides is 1. The lowest BCUT2D eigenvalue weighted by molar-refractivity contribution is 0.0909. The van der Waals surface area contributed by atoms with Gasteiger partial charge in [-0.15, -0.1) is 0 Å². The molecule has 1 amide bonds. The molecule has 24 heavy (non-hydrogen) atoms. The molecule has 0 aliphatic rings. The van der Waals surface area contributed by atoms with Gasteiger partial charge in [0.05, 0.1) is 23.1 Å². The molecule has 0 saturated heterocycles. The molecule has 0 fully saturated rings. The number of hydrogen-bond acceptors (Lipinski definition) is 3. The summed E-state index contributed by atoms with van der Waals surface area (Å²) in [5.41, 5.74) is 1.27. The quantitative estimate of drug-likeness (QED) is 0.852. The Labute approximate surface area is 139 Å². The van der Waals surface area contributed by atoms with Crippen molar-refractivity contribution >= 4 is 5.91 Å². The minimum Gasteiger partial charge on any atom is -0.391 e. The van der Waals surface area contributed by atoms with Gasteiger partial charge in [-0.05, 0) is 32.4 Å². The lowest BCUT2D eigenvalue weighted by Gasteiger charge is -2.11. The highest BCUT2D eigenvalue weighted by Gasteiger charge is 2.21. The second-order valence-corrected chi connectivity index (χ2v) is 5.71. The molecule has 1 atom stereocenters. The minimum atomic E-state index is -0.758. The number of carbonyl (C=O) groups excluding carboxylic acids is 1. The molecule has 2 aromatic rings. The third-order valence-corrected chi connectivity index (χ3v) is 3.78. The average molecular weight is 337 g/mol. The van der Waals surface area contributed by atoms with E-state index in [9.17, 15) is 18.7 Å². The summed E-state index contributed by atoms with van der Waals surface area (Å²) in [6.07, 6.45) is 0.805. The summed E-state index contributed by atoms with van der Waals surface area (Å²) in [6.45, 7) is 5.37. The molecule has 7 heteroatoms. The maximum atomic E-state index is 14.0. The summed E-state index contributed by atoms with van der Waals surface area (Å²) >= 11 is 0. The van der Waals surface area contributed by atoms with Crippen LogP contribution >= 0.6 is 0 Å². The molecule has 1 unspecified atom stereocenters. The summed E-state index contributed by atoms with van der Waals surface area (Å²) in [6, 6.07) is 3.18. The largest absolute Gasteiger partial charge is 0.391 e. The third kappa shape index (κ3) is 3.79. The summed E-state index contributed by atoms with van der Waals surface area (Å²) < 4.78 is 28.3. The van der Waals surface area contributed by atoms with E-state index >= 15 is 0 Å². The third-order valence-electron chi connectivity index (χ3n) is 3.78. The first-order valence-electron chi connectivity index (χ1n) is 7.83. The van der Waals surface area contributed by atoms with Crippen molar-refractivity contribution in [3.8, 4) is 5.69 Å². The Kier molecular flexibility index (Phi) is 5.66. The Bertz CT molecular complexity index is 744. The van der Waals surface area contributed by atoms with Crippen molar-refractivity contribution in [1.82, 2.24) is 15.1 Å². The first-order chi connectivity index (χ1) is 11.3. The normalized spacial score (nSPS) is 12.2. The summed E-state index contributed by atoms with van der Waals surface area (Å²) in [5.74, 6) is -1.82. The molecular formula is C17H21F2N3O2. The molecule has 2 rings (SSSR count). The molecule has 0 radical (unpaired) electrons. The van der Waals surface area contributed by atoms with Crippen molar-refractivity contribution in [1.29, 1.82) is 0 Å². The van der Waals surface area contributed by atoms with Crippen LogP contribution < -0.4 is 5.32 Å². The molecule has 1 heterocycles. The fourth-order valence-electron chi connectivity index (χ4n) is 2.59. The van der Waals surface area contributed by atoms with Crippen LogP contribution in [0.5, 0.6) is 0 Å². The molecule has 5 nitrogen and oxygen atoms in total. The van der Waals surface area contributed by atoms with Crippen LogP contribution in [0.2, 0.25) is 0 Å². The van der Waals surface area contributed by atoms with Crippen molar-refractivity contribution in [2.45, 2.75) is 39.7 Å². The van der Waals surface area contributed by atoms with Gasteiger partial charge in [0.1, 0.15) is 11.5 Å². The van der Waals surface area contributed by atoms with Gasteiger partial charge < -0.3 is 10.4 Å². The Morgan fingerprint density at radius 3 is 2.71 bits per heavy atom. The van der Waals surface area contributed by atoms with E-state index < -0.39 is 17.7 Å². The van der Waals surface area contributed by atoms with Gasteiger partial charge in [0.15, 0.2) is 5.82 Å². The number of aryl methyl sites for hydroxylation is 1. The number of aromatic nitrogens is 2. The number of nitrogens with zero attached hydrogens (tertiary/aromatic N) is 2.